The van der Waals surface area contributed by atoms with Crippen LogP contribution >= 0.6 is 0 Å². The molecule has 2 aliphatic heterocycles. The van der Waals surface area contributed by atoms with Crippen molar-refractivity contribution in [2.24, 2.45) is 0 Å². The summed E-state index contributed by atoms with van der Waals surface area (Å²) >= 11 is 0. The van der Waals surface area contributed by atoms with Crippen LogP contribution in [0.25, 0.3) is 22.3 Å². The van der Waals surface area contributed by atoms with Crippen LogP contribution in [-0.4, -0.2) is 72.5 Å². The molecule has 3 aliphatic rings. The first kappa shape index (κ1) is 24.2. The maximum atomic E-state index is 16.0. The molecule has 0 radical (unpaired) electrons. The number of piperidine rings is 1. The van der Waals surface area contributed by atoms with E-state index in [0.717, 1.165) is 30.2 Å². The normalized spacial score (nSPS) is 23.3. The number of halogens is 2. The van der Waals surface area contributed by atoms with Crippen LogP contribution in [0.2, 0.25) is 0 Å². The van der Waals surface area contributed by atoms with Gasteiger partial charge >= 0.3 is 6.03 Å². The van der Waals surface area contributed by atoms with Crippen molar-refractivity contribution in [2.45, 2.75) is 43.4 Å². The smallest absolute Gasteiger partial charge is 0.321 e. The lowest BCUT2D eigenvalue weighted by molar-refractivity contribution is -0.113. The number of hydrogen-bond donors (Lipinski definition) is 2. The highest BCUT2D eigenvalue weighted by Crippen LogP contribution is 2.43. The molecule has 1 aliphatic carbocycles. The number of aromatic nitrogens is 5. The van der Waals surface area contributed by atoms with Gasteiger partial charge in [0.05, 0.1) is 36.5 Å². The number of likely N-dealkylation sites (tertiary alicyclic amines) is 2. The van der Waals surface area contributed by atoms with E-state index in [1.54, 1.807) is 28.2 Å². The van der Waals surface area contributed by atoms with Gasteiger partial charge < -0.3 is 15.2 Å². The Bertz CT molecular complexity index is 1470. The van der Waals surface area contributed by atoms with Crippen LogP contribution in [0.1, 0.15) is 32.1 Å². The lowest BCUT2D eigenvalue weighted by Gasteiger charge is -2.54. The second-order valence-electron chi connectivity index (χ2n) is 10.2. The number of nitrogens with one attached hydrogen (secondary N) is 2. The summed E-state index contributed by atoms with van der Waals surface area (Å²) in [7, 11) is 0. The molecule has 1 atom stereocenters. The Morgan fingerprint density at radius 2 is 2.05 bits per heavy atom. The van der Waals surface area contributed by atoms with E-state index in [0.29, 0.717) is 24.4 Å². The molecule has 10 nitrogen and oxygen atoms in total. The standard InChI is InChI=1S/C26H27F2N9O/c27-20-12-26(28,6-4-21(20)34-24(38)35-10-2-1-3-11-35)36-15-25(16-36,7-8-29)37-14-18(13-33-37)22-19-5-9-30-23(19)32-17-31-22/h4-6,9,13-14,17H,1-3,7,10-12,15-16H2,(H,34,38)(H,30,31,32). The number of carbonyl (C=O) groups is 1. The average Bonchev–Trinajstić information content (AvgIpc) is 3.58. The molecule has 3 aromatic heterocycles. The molecule has 2 N–H and O–H groups in total. The zero-order valence-corrected chi connectivity index (χ0v) is 20.7. The highest BCUT2D eigenvalue weighted by atomic mass is 19.2. The molecule has 2 amide bonds. The molecule has 0 saturated carbocycles. The van der Waals surface area contributed by atoms with Crippen LogP contribution in [0, 0.1) is 11.3 Å². The van der Waals surface area contributed by atoms with Crippen molar-refractivity contribution in [2.75, 3.05) is 26.2 Å². The summed E-state index contributed by atoms with van der Waals surface area (Å²) in [6.45, 7) is 1.62. The Balaban J connectivity index is 1.16. The molecule has 2 fully saturated rings. The fourth-order valence-electron chi connectivity index (χ4n) is 5.51. The number of amides is 2. The minimum atomic E-state index is -2.07. The number of nitriles is 1. The van der Waals surface area contributed by atoms with Crippen molar-refractivity contribution in [1.82, 2.24) is 39.8 Å². The van der Waals surface area contributed by atoms with Crippen molar-refractivity contribution in [3.8, 4) is 17.3 Å². The van der Waals surface area contributed by atoms with Crippen LogP contribution < -0.4 is 5.32 Å². The largest absolute Gasteiger partial charge is 0.346 e. The highest BCUT2D eigenvalue weighted by molar-refractivity contribution is 5.90. The number of fused-ring (bicyclic) bond motifs is 1. The number of carbonyl (C=O) groups excluding carboxylic acids is 1. The molecule has 38 heavy (non-hydrogen) atoms. The summed E-state index contributed by atoms with van der Waals surface area (Å²) in [5.74, 6) is -2.78. The monoisotopic (exact) mass is 519 g/mol. The molecule has 5 heterocycles. The van der Waals surface area contributed by atoms with E-state index in [9.17, 15) is 14.4 Å². The van der Waals surface area contributed by atoms with Crippen LogP contribution in [0.3, 0.4) is 0 Å². The number of aromatic amines is 1. The number of urea groups is 1. The second kappa shape index (κ2) is 9.33. The maximum Gasteiger partial charge on any atom is 0.321 e. The molecule has 6 rings (SSSR count). The number of rotatable bonds is 5. The Hall–Kier alpha value is -4.11. The first-order chi connectivity index (χ1) is 18.4. The first-order valence-electron chi connectivity index (χ1n) is 12.7. The predicted octanol–water partition coefficient (Wildman–Crippen LogP) is 3.75. The third-order valence-corrected chi connectivity index (χ3v) is 7.69. The summed E-state index contributed by atoms with van der Waals surface area (Å²) in [6.07, 6.45) is 11.8. The van der Waals surface area contributed by atoms with Gasteiger partial charge in [-0.1, -0.05) is 0 Å². The van der Waals surface area contributed by atoms with Gasteiger partial charge in [-0.2, -0.15) is 10.4 Å². The molecule has 0 aromatic carbocycles. The first-order valence-corrected chi connectivity index (χ1v) is 12.7. The molecule has 196 valence electrons. The van der Waals surface area contributed by atoms with Crippen molar-refractivity contribution in [1.29, 1.82) is 5.26 Å². The molecule has 2 saturated heterocycles. The van der Waals surface area contributed by atoms with Gasteiger partial charge in [-0.25, -0.2) is 23.5 Å². The maximum absolute atomic E-state index is 16.0. The van der Waals surface area contributed by atoms with Gasteiger partial charge in [-0.15, -0.1) is 0 Å². The van der Waals surface area contributed by atoms with E-state index in [-0.39, 0.29) is 31.2 Å². The number of allylic oxidation sites excluding steroid dienone is 1. The lowest BCUT2D eigenvalue weighted by atomic mass is 9.83. The van der Waals surface area contributed by atoms with Crippen molar-refractivity contribution >= 4 is 17.1 Å². The summed E-state index contributed by atoms with van der Waals surface area (Å²) in [4.78, 5) is 27.3. The molecular weight excluding hydrogens is 492 g/mol. The Morgan fingerprint density at radius 3 is 2.82 bits per heavy atom. The number of hydrogen-bond acceptors (Lipinski definition) is 6. The second-order valence-corrected chi connectivity index (χ2v) is 10.2. The van der Waals surface area contributed by atoms with Gasteiger partial charge in [0.25, 0.3) is 0 Å². The molecule has 3 aromatic rings. The number of alkyl halides is 1. The number of H-pyrrole nitrogens is 1. The van der Waals surface area contributed by atoms with Gasteiger partial charge in [0.15, 0.2) is 5.79 Å². The van der Waals surface area contributed by atoms with Gasteiger partial charge in [-0.05, 0) is 37.5 Å². The van der Waals surface area contributed by atoms with Crippen LogP contribution in [0.5, 0.6) is 0 Å². The number of nitrogens with zero attached hydrogens (tertiary/aromatic N) is 7. The summed E-state index contributed by atoms with van der Waals surface area (Å²) < 4.78 is 32.6. The lowest BCUT2D eigenvalue weighted by Crippen LogP contribution is -2.68. The average molecular weight is 520 g/mol. The Kier molecular flexibility index (Phi) is 5.95. The SMILES string of the molecule is N#CCC1(n2cc(-c3ncnc4[nH]ccc34)cn2)CN(C2(F)C=CC(NC(=O)N3CCCCC3)=C(F)C2)C1. The van der Waals surface area contributed by atoms with Crippen molar-refractivity contribution in [3.63, 3.8) is 0 Å². The van der Waals surface area contributed by atoms with E-state index < -0.39 is 23.6 Å². The van der Waals surface area contributed by atoms with Gasteiger partial charge in [0.1, 0.15) is 23.3 Å². The van der Waals surface area contributed by atoms with E-state index in [1.807, 2.05) is 6.07 Å². The van der Waals surface area contributed by atoms with Crippen LogP contribution in [-0.2, 0) is 5.54 Å². The molecule has 0 spiro atoms. The minimum Gasteiger partial charge on any atom is -0.346 e. The minimum absolute atomic E-state index is 0.00435. The molecule has 0 bridgehead atoms. The van der Waals surface area contributed by atoms with E-state index in [4.69, 9.17) is 0 Å². The quantitative estimate of drug-likeness (QED) is 0.496. The van der Waals surface area contributed by atoms with Gasteiger partial charge in [-0.3, -0.25) is 9.58 Å². The fourth-order valence-corrected chi connectivity index (χ4v) is 5.51. The highest BCUT2D eigenvalue weighted by Gasteiger charge is 2.54. The van der Waals surface area contributed by atoms with Gasteiger partial charge in [0, 0.05) is 49.5 Å². The zero-order chi connectivity index (χ0) is 26.3. The van der Waals surface area contributed by atoms with E-state index in [2.05, 4.69) is 31.4 Å². The third kappa shape index (κ3) is 4.12. The van der Waals surface area contributed by atoms with E-state index >= 15 is 4.39 Å². The van der Waals surface area contributed by atoms with E-state index in [1.165, 1.54) is 23.4 Å². The molecule has 12 heteroatoms. The van der Waals surface area contributed by atoms with Crippen molar-refractivity contribution < 1.29 is 13.6 Å². The summed E-state index contributed by atoms with van der Waals surface area (Å²) in [5.41, 5.74) is 1.40. The third-order valence-electron chi connectivity index (χ3n) is 7.69. The summed E-state index contributed by atoms with van der Waals surface area (Å²) in [5, 5.41) is 17.5. The van der Waals surface area contributed by atoms with Crippen molar-refractivity contribution in [3.05, 3.63) is 54.7 Å². The fraction of sp³-hybridized carbons (Fsp3) is 0.423. The van der Waals surface area contributed by atoms with Gasteiger partial charge in [0.2, 0.25) is 0 Å². The van der Waals surface area contributed by atoms with Crippen LogP contribution in [0.15, 0.2) is 54.7 Å². The zero-order valence-electron chi connectivity index (χ0n) is 20.7. The summed E-state index contributed by atoms with van der Waals surface area (Å²) in [6, 6.07) is 3.71. The molecule has 1 unspecified atom stereocenters. The Labute approximate surface area is 217 Å². The predicted molar refractivity (Wildman–Crippen MR) is 135 cm³/mol. The topological polar surface area (TPSA) is 119 Å². The van der Waals surface area contributed by atoms with Crippen LogP contribution in [0.4, 0.5) is 13.6 Å². The Morgan fingerprint density at radius 1 is 1.24 bits per heavy atom. The molecular formula is C26H27F2N9O.